The van der Waals surface area contributed by atoms with E-state index in [1.807, 2.05) is 30.3 Å². The molecule has 2 aromatic carbocycles. The third-order valence-electron chi connectivity index (χ3n) is 6.36. The molecular weight excluding hydrogens is 442 g/mol. The van der Waals surface area contributed by atoms with E-state index < -0.39 is 0 Å². The first-order valence-corrected chi connectivity index (χ1v) is 12.5. The highest BCUT2D eigenvalue weighted by Gasteiger charge is 2.29. The van der Waals surface area contributed by atoms with E-state index in [2.05, 4.69) is 58.8 Å². The number of nitrogens with zero attached hydrogens (tertiary/aromatic N) is 3. The van der Waals surface area contributed by atoms with E-state index in [1.165, 1.54) is 21.6 Å². The fourth-order valence-electron chi connectivity index (χ4n) is 4.71. The molecule has 4 aromatic rings. The highest BCUT2D eigenvalue weighted by Crippen LogP contribution is 2.36. The molecule has 1 aliphatic rings. The Balaban J connectivity index is 1.61. The van der Waals surface area contributed by atoms with Crippen molar-refractivity contribution >= 4 is 22.9 Å². The number of ether oxygens (including phenoxy) is 1. The number of para-hydroxylation sites is 1. The third-order valence-corrected chi connectivity index (χ3v) is 6.70. The maximum absolute atomic E-state index is 6.10. The van der Waals surface area contributed by atoms with Gasteiger partial charge in [-0.3, -0.25) is 0 Å². The van der Waals surface area contributed by atoms with E-state index in [9.17, 15) is 0 Å². The minimum atomic E-state index is 0.426. The quantitative estimate of drug-likeness (QED) is 0.385. The molecule has 3 heterocycles. The maximum Gasteiger partial charge on any atom is 0.169 e. The predicted octanol–water partition coefficient (Wildman–Crippen LogP) is 3.13. The highest BCUT2D eigenvalue weighted by molar-refractivity contribution is 7.80. The molecule has 0 fully saturated rings. The lowest BCUT2D eigenvalue weighted by molar-refractivity contribution is -0.856. The molecule has 0 bridgehead atoms. The molecule has 0 amide bonds. The van der Waals surface area contributed by atoms with Gasteiger partial charge in [0.15, 0.2) is 5.82 Å². The van der Waals surface area contributed by atoms with Crippen molar-refractivity contribution in [2.45, 2.75) is 32.4 Å². The van der Waals surface area contributed by atoms with Crippen molar-refractivity contribution in [1.29, 1.82) is 0 Å². The van der Waals surface area contributed by atoms with Crippen LogP contribution < -0.4 is 15.0 Å². The number of quaternary nitrogens is 1. The molecule has 5 rings (SSSR count). The van der Waals surface area contributed by atoms with Gasteiger partial charge in [0.05, 0.1) is 27.2 Å². The Morgan fingerprint density at radius 2 is 1.79 bits per heavy atom. The van der Waals surface area contributed by atoms with Gasteiger partial charge in [-0.25, -0.2) is 4.52 Å². The lowest BCUT2D eigenvalue weighted by Gasteiger charge is -2.12. The normalized spacial score (nSPS) is 13.3. The summed E-state index contributed by atoms with van der Waals surface area (Å²) in [6, 6.07) is 20.5. The molecule has 0 unspecified atom stereocenters. The summed E-state index contributed by atoms with van der Waals surface area (Å²) in [6.45, 7) is 3.18. The average molecular weight is 475 g/mol. The SMILES string of the molecule is C[NH+](C)CCNC(=S)c1c(-c2ccccc2)c2c3n(c(COc4ccccc4)nn13)CCCC2. The van der Waals surface area contributed by atoms with Crippen LogP contribution in [0.25, 0.3) is 16.8 Å². The largest absolute Gasteiger partial charge is 0.486 e. The first kappa shape index (κ1) is 22.6. The zero-order valence-electron chi connectivity index (χ0n) is 19.9. The van der Waals surface area contributed by atoms with Crippen LogP contribution in [0.15, 0.2) is 60.7 Å². The van der Waals surface area contributed by atoms with Gasteiger partial charge in [-0.15, -0.1) is 5.10 Å². The lowest BCUT2D eigenvalue weighted by atomic mass is 9.98. The number of aromatic nitrogens is 3. The van der Waals surface area contributed by atoms with Crippen LogP contribution in [-0.4, -0.2) is 46.4 Å². The van der Waals surface area contributed by atoms with Crippen molar-refractivity contribution in [3.63, 3.8) is 0 Å². The Hall–Kier alpha value is -3.16. The van der Waals surface area contributed by atoms with E-state index in [0.29, 0.717) is 6.61 Å². The minimum Gasteiger partial charge on any atom is -0.486 e. The monoisotopic (exact) mass is 474 g/mol. The van der Waals surface area contributed by atoms with Crippen molar-refractivity contribution in [1.82, 2.24) is 19.5 Å². The first-order valence-electron chi connectivity index (χ1n) is 12.1. The number of aryl methyl sites for hydroxylation is 2. The molecule has 7 heteroatoms. The number of hydrogen-bond donors (Lipinski definition) is 2. The van der Waals surface area contributed by atoms with Gasteiger partial charge >= 0.3 is 0 Å². The van der Waals surface area contributed by atoms with Crippen LogP contribution >= 0.6 is 12.2 Å². The summed E-state index contributed by atoms with van der Waals surface area (Å²) < 4.78 is 10.5. The van der Waals surface area contributed by atoms with E-state index in [0.717, 1.165) is 66.8 Å². The Morgan fingerprint density at radius 3 is 2.53 bits per heavy atom. The van der Waals surface area contributed by atoms with Gasteiger partial charge in [-0.1, -0.05) is 60.7 Å². The second-order valence-corrected chi connectivity index (χ2v) is 9.55. The van der Waals surface area contributed by atoms with Crippen molar-refractivity contribution < 1.29 is 9.64 Å². The molecule has 0 spiro atoms. The second-order valence-electron chi connectivity index (χ2n) is 9.14. The number of hydrogen-bond acceptors (Lipinski definition) is 3. The van der Waals surface area contributed by atoms with Gasteiger partial charge in [-0.05, 0) is 37.0 Å². The number of thiocarbonyl (C=S) groups is 1. The highest BCUT2D eigenvalue weighted by atomic mass is 32.1. The minimum absolute atomic E-state index is 0.426. The Labute approximate surface area is 206 Å². The number of benzene rings is 2. The Kier molecular flexibility index (Phi) is 6.65. The number of rotatable bonds is 8. The van der Waals surface area contributed by atoms with E-state index >= 15 is 0 Å². The van der Waals surface area contributed by atoms with Gasteiger partial charge in [0, 0.05) is 17.7 Å². The zero-order valence-corrected chi connectivity index (χ0v) is 20.7. The molecule has 0 aliphatic carbocycles. The van der Waals surface area contributed by atoms with Gasteiger partial charge < -0.3 is 19.5 Å². The van der Waals surface area contributed by atoms with E-state index in [-0.39, 0.29) is 0 Å². The van der Waals surface area contributed by atoms with Crippen LogP contribution in [0.1, 0.15) is 29.9 Å². The van der Waals surface area contributed by atoms with Crippen molar-refractivity contribution in [2.24, 2.45) is 0 Å². The first-order chi connectivity index (χ1) is 16.6. The molecule has 0 atom stereocenters. The van der Waals surface area contributed by atoms with Crippen molar-refractivity contribution in [2.75, 3.05) is 27.2 Å². The smallest absolute Gasteiger partial charge is 0.169 e. The lowest BCUT2D eigenvalue weighted by Crippen LogP contribution is -3.06. The molecule has 0 saturated heterocycles. The predicted molar refractivity (Wildman–Crippen MR) is 140 cm³/mol. The van der Waals surface area contributed by atoms with Crippen LogP contribution in [0.2, 0.25) is 0 Å². The average Bonchev–Trinajstić information content (AvgIpc) is 3.25. The molecule has 6 nitrogen and oxygen atoms in total. The van der Waals surface area contributed by atoms with Gasteiger partial charge in [0.1, 0.15) is 28.7 Å². The summed E-state index contributed by atoms with van der Waals surface area (Å²) in [7, 11) is 4.31. The molecular formula is C27H32N5OS+. The summed E-state index contributed by atoms with van der Waals surface area (Å²) in [6.07, 6.45) is 3.28. The molecule has 0 saturated carbocycles. The summed E-state index contributed by atoms with van der Waals surface area (Å²) in [5, 5.41) is 8.58. The zero-order chi connectivity index (χ0) is 23.5. The second kappa shape index (κ2) is 9.99. The van der Waals surface area contributed by atoms with Gasteiger partial charge in [0.25, 0.3) is 0 Å². The fraction of sp³-hybridized carbons (Fsp3) is 0.333. The van der Waals surface area contributed by atoms with Crippen LogP contribution in [-0.2, 0) is 19.6 Å². The molecule has 0 radical (unpaired) electrons. The molecule has 176 valence electrons. The van der Waals surface area contributed by atoms with Crippen LogP contribution in [0, 0.1) is 0 Å². The fourth-order valence-corrected chi connectivity index (χ4v) is 5.00. The summed E-state index contributed by atoms with van der Waals surface area (Å²) in [4.78, 5) is 2.14. The third kappa shape index (κ3) is 4.45. The van der Waals surface area contributed by atoms with E-state index in [1.54, 1.807) is 0 Å². The van der Waals surface area contributed by atoms with Gasteiger partial charge in [-0.2, -0.15) is 0 Å². The molecule has 2 N–H and O–H groups in total. The Bertz CT molecular complexity index is 1280. The van der Waals surface area contributed by atoms with E-state index in [4.69, 9.17) is 22.1 Å². The van der Waals surface area contributed by atoms with Crippen LogP contribution in [0.3, 0.4) is 0 Å². The summed E-state index contributed by atoms with van der Waals surface area (Å²) >= 11 is 5.97. The number of likely N-dealkylation sites (N-methyl/N-ethyl adjacent to an activating group) is 1. The van der Waals surface area contributed by atoms with Crippen molar-refractivity contribution in [3.05, 3.63) is 77.7 Å². The molecule has 2 aromatic heterocycles. The maximum atomic E-state index is 6.10. The topological polar surface area (TPSA) is 47.9 Å². The number of nitrogens with one attached hydrogen (secondary N) is 2. The van der Waals surface area contributed by atoms with Crippen molar-refractivity contribution in [3.8, 4) is 16.9 Å². The van der Waals surface area contributed by atoms with Crippen LogP contribution in [0.5, 0.6) is 5.75 Å². The standard InChI is InChI=1S/C27H31N5OS/c1-30(2)18-16-28-26(34)25-24(20-11-5-3-6-12-20)22-15-9-10-17-31-23(29-32(25)27(22)31)19-33-21-13-7-4-8-14-21/h3-8,11-14H,9-10,15-19H2,1-2H3,(H,28,34)/p+1. The summed E-state index contributed by atoms with van der Waals surface area (Å²) in [5.41, 5.74) is 5.88. The van der Waals surface area contributed by atoms with Gasteiger partial charge in [0.2, 0.25) is 0 Å². The Morgan fingerprint density at radius 1 is 1.06 bits per heavy atom. The molecule has 1 aliphatic heterocycles. The molecule has 34 heavy (non-hydrogen) atoms. The summed E-state index contributed by atoms with van der Waals surface area (Å²) in [5.74, 6) is 1.79. The van der Waals surface area contributed by atoms with Crippen LogP contribution in [0.4, 0.5) is 0 Å².